The molecule has 2 rings (SSSR count). The maximum atomic E-state index is 12.5. The van der Waals surface area contributed by atoms with Crippen molar-refractivity contribution in [3.63, 3.8) is 0 Å². The number of aryl methyl sites for hydroxylation is 1. The average Bonchev–Trinajstić information content (AvgIpc) is 2.90. The van der Waals surface area contributed by atoms with Crippen molar-refractivity contribution >= 4 is 11.8 Å². The molecule has 0 unspecified atom stereocenters. The van der Waals surface area contributed by atoms with Gasteiger partial charge >= 0.3 is 0 Å². The van der Waals surface area contributed by atoms with Crippen LogP contribution in [0.2, 0.25) is 0 Å². The summed E-state index contributed by atoms with van der Waals surface area (Å²) in [5.41, 5.74) is 0.617. The minimum atomic E-state index is -0.347. The van der Waals surface area contributed by atoms with Crippen LogP contribution in [0.3, 0.4) is 0 Å². The summed E-state index contributed by atoms with van der Waals surface area (Å²) in [5, 5.41) is 14.5. The third-order valence-electron chi connectivity index (χ3n) is 6.20. The molecule has 1 saturated heterocycles. The molecular weight excluding hydrogens is 476 g/mol. The first kappa shape index (κ1) is 30.7. The van der Waals surface area contributed by atoms with Crippen molar-refractivity contribution in [3.05, 3.63) is 89.7 Å². The van der Waals surface area contributed by atoms with E-state index in [1.165, 1.54) is 12.4 Å². The second-order valence-corrected chi connectivity index (χ2v) is 9.49. The number of carbonyl (C=O) groups excluding carboxylic acids is 2. The number of hydrogen-bond donors (Lipinski definition) is 1. The molecule has 0 spiro atoms. The van der Waals surface area contributed by atoms with E-state index in [4.69, 9.17) is 0 Å². The van der Waals surface area contributed by atoms with Gasteiger partial charge in [-0.3, -0.25) is 9.59 Å². The molecule has 0 atom stereocenters. The molecule has 7 nitrogen and oxygen atoms in total. The number of nitrogens with zero attached hydrogens (tertiary/aromatic N) is 3. The molecule has 1 aromatic rings. The smallest absolute Gasteiger partial charge is 0.276 e. The summed E-state index contributed by atoms with van der Waals surface area (Å²) >= 11 is 0. The summed E-state index contributed by atoms with van der Waals surface area (Å²) in [4.78, 5) is 30.9. The van der Waals surface area contributed by atoms with Crippen LogP contribution >= 0.6 is 0 Å². The van der Waals surface area contributed by atoms with Gasteiger partial charge in [0.1, 0.15) is 5.69 Å². The highest BCUT2D eigenvalue weighted by atomic mass is 16.5. The summed E-state index contributed by atoms with van der Waals surface area (Å²) in [6.07, 6.45) is 33.0. The number of hydrogen-bond acceptors (Lipinski definition) is 4. The van der Waals surface area contributed by atoms with Crippen molar-refractivity contribution in [2.45, 2.75) is 84.1 Å². The lowest BCUT2D eigenvalue weighted by Crippen LogP contribution is -2.47. The first-order chi connectivity index (χ1) is 18.5. The van der Waals surface area contributed by atoms with Crippen LogP contribution in [0.4, 0.5) is 0 Å². The van der Waals surface area contributed by atoms with Gasteiger partial charge in [0, 0.05) is 25.6 Å². The molecule has 1 fully saturated rings. The molecule has 0 aromatic carbocycles. The van der Waals surface area contributed by atoms with Gasteiger partial charge in [0.2, 0.25) is 18.3 Å². The number of rotatable bonds is 15. The van der Waals surface area contributed by atoms with Crippen molar-refractivity contribution in [2.75, 3.05) is 13.1 Å². The molecular formula is C31H44N4O3. The number of carbonyl (C=O) groups is 2. The fourth-order valence-electron chi connectivity index (χ4n) is 4.13. The Kier molecular flexibility index (Phi) is 15.1. The van der Waals surface area contributed by atoms with E-state index in [0.29, 0.717) is 42.8 Å². The number of amides is 2. The van der Waals surface area contributed by atoms with Gasteiger partial charge in [-0.1, -0.05) is 67.7 Å². The SMILES string of the molecule is CC/C=C\C/C=C\C/C=C\C/C=C\C/C=C\CCCC(=O)N1CCC(NC(=O)c2c[n+]([O-])cc(C)n2)CC1. The Balaban J connectivity index is 1.51. The lowest BCUT2D eigenvalue weighted by molar-refractivity contribution is -0.606. The zero-order chi connectivity index (χ0) is 27.4. The minimum Gasteiger partial charge on any atom is -0.619 e. The van der Waals surface area contributed by atoms with Gasteiger partial charge in [-0.15, -0.1) is 0 Å². The van der Waals surface area contributed by atoms with Crippen molar-refractivity contribution in [1.82, 2.24) is 15.2 Å². The van der Waals surface area contributed by atoms with Gasteiger partial charge in [-0.2, -0.15) is 4.73 Å². The maximum Gasteiger partial charge on any atom is 0.276 e. The second-order valence-electron chi connectivity index (χ2n) is 9.49. The Morgan fingerprint density at radius 1 is 0.947 bits per heavy atom. The Morgan fingerprint density at radius 2 is 1.50 bits per heavy atom. The monoisotopic (exact) mass is 520 g/mol. The van der Waals surface area contributed by atoms with E-state index in [1.54, 1.807) is 6.92 Å². The molecule has 1 aromatic heterocycles. The van der Waals surface area contributed by atoms with E-state index in [9.17, 15) is 14.8 Å². The highest BCUT2D eigenvalue weighted by molar-refractivity contribution is 5.92. The van der Waals surface area contributed by atoms with Crippen molar-refractivity contribution in [1.29, 1.82) is 0 Å². The molecule has 7 heteroatoms. The molecule has 0 radical (unpaired) electrons. The summed E-state index contributed by atoms with van der Waals surface area (Å²) in [7, 11) is 0. The van der Waals surface area contributed by atoms with Gasteiger partial charge in [-0.05, 0) is 64.7 Å². The quantitative estimate of drug-likeness (QED) is 0.140. The molecule has 206 valence electrons. The lowest BCUT2D eigenvalue weighted by Gasteiger charge is -2.32. The van der Waals surface area contributed by atoms with Gasteiger partial charge in [0.15, 0.2) is 5.69 Å². The number of likely N-dealkylation sites (tertiary alicyclic amines) is 1. The molecule has 1 aliphatic rings. The molecule has 2 heterocycles. The summed E-state index contributed by atoms with van der Waals surface area (Å²) in [5.74, 6) is -0.171. The largest absolute Gasteiger partial charge is 0.619 e. The molecule has 2 amide bonds. The van der Waals surface area contributed by atoms with Crippen molar-refractivity contribution in [3.8, 4) is 0 Å². The highest BCUT2D eigenvalue weighted by Crippen LogP contribution is 2.13. The van der Waals surface area contributed by atoms with E-state index >= 15 is 0 Å². The summed E-state index contributed by atoms with van der Waals surface area (Å²) in [6, 6.07) is -0.0183. The van der Waals surface area contributed by atoms with E-state index in [-0.39, 0.29) is 23.6 Å². The zero-order valence-corrected chi connectivity index (χ0v) is 23.1. The fourth-order valence-corrected chi connectivity index (χ4v) is 4.13. The van der Waals surface area contributed by atoms with Crippen LogP contribution in [0.5, 0.6) is 0 Å². The Hall–Kier alpha value is -3.48. The molecule has 38 heavy (non-hydrogen) atoms. The van der Waals surface area contributed by atoms with Crippen LogP contribution in [-0.2, 0) is 4.79 Å². The molecule has 0 saturated carbocycles. The van der Waals surface area contributed by atoms with Crippen LogP contribution < -0.4 is 10.0 Å². The predicted octanol–water partition coefficient (Wildman–Crippen LogP) is 5.67. The average molecular weight is 521 g/mol. The van der Waals surface area contributed by atoms with E-state index in [2.05, 4.69) is 78.0 Å². The van der Waals surface area contributed by atoms with Crippen molar-refractivity contribution in [2.24, 2.45) is 0 Å². The predicted molar refractivity (Wildman–Crippen MR) is 153 cm³/mol. The van der Waals surface area contributed by atoms with Gasteiger partial charge in [-0.25, -0.2) is 4.98 Å². The third-order valence-corrected chi connectivity index (χ3v) is 6.20. The number of unbranched alkanes of at least 4 members (excludes halogenated alkanes) is 1. The molecule has 1 aliphatic heterocycles. The normalized spacial score (nSPS) is 15.2. The number of allylic oxidation sites excluding steroid dienone is 10. The first-order valence-electron chi connectivity index (χ1n) is 13.9. The highest BCUT2D eigenvalue weighted by Gasteiger charge is 2.24. The number of aromatic nitrogens is 2. The summed E-state index contributed by atoms with van der Waals surface area (Å²) in [6.45, 7) is 5.09. The Bertz CT molecular complexity index is 982. The van der Waals surface area contributed by atoms with Gasteiger partial charge < -0.3 is 15.4 Å². The topological polar surface area (TPSA) is 89.2 Å². The Morgan fingerprint density at radius 3 is 2.05 bits per heavy atom. The maximum absolute atomic E-state index is 12.5. The second kappa shape index (κ2) is 18.7. The van der Waals surface area contributed by atoms with Gasteiger partial charge in [0.05, 0.1) is 0 Å². The van der Waals surface area contributed by atoms with Crippen LogP contribution in [0.25, 0.3) is 0 Å². The van der Waals surface area contributed by atoms with E-state index < -0.39 is 0 Å². The minimum absolute atomic E-state index is 0.0183. The van der Waals surface area contributed by atoms with Gasteiger partial charge in [0.25, 0.3) is 5.91 Å². The van der Waals surface area contributed by atoms with Crippen LogP contribution in [-0.4, -0.2) is 40.8 Å². The van der Waals surface area contributed by atoms with Crippen LogP contribution in [0, 0.1) is 12.1 Å². The number of nitrogens with one attached hydrogen (secondary N) is 1. The Labute approximate surface area is 228 Å². The molecule has 1 N–H and O–H groups in total. The molecule has 0 bridgehead atoms. The van der Waals surface area contributed by atoms with E-state index in [1.807, 2.05) is 4.90 Å². The van der Waals surface area contributed by atoms with Crippen molar-refractivity contribution < 1.29 is 14.3 Å². The summed E-state index contributed by atoms with van der Waals surface area (Å²) < 4.78 is 0.595. The first-order valence-corrected chi connectivity index (χ1v) is 13.9. The lowest BCUT2D eigenvalue weighted by atomic mass is 10.0. The van der Waals surface area contributed by atoms with Crippen LogP contribution in [0.15, 0.2) is 73.2 Å². The number of piperidine rings is 1. The van der Waals surface area contributed by atoms with E-state index in [0.717, 1.165) is 44.9 Å². The standard InChI is InChI=1S/C31H44N4O3/c1-3-4-5-6-7-8-9-10-11-12-13-14-15-16-17-18-19-20-30(36)34-23-21-28(22-24-34)33-31(37)29-26-35(38)25-27(2)32-29/h4-5,7-8,10-11,13-14,16-17,25-26,28H,3,6,9,12,15,18-24H2,1-2H3,(H,33,37)/b5-4-,8-7-,11-10-,14-13-,17-16-. The zero-order valence-electron chi connectivity index (χ0n) is 23.1. The molecule has 0 aliphatic carbocycles. The van der Waals surface area contributed by atoms with Crippen LogP contribution in [0.1, 0.15) is 87.3 Å². The fraction of sp³-hybridized carbons (Fsp3) is 0.484. The third kappa shape index (κ3) is 13.2.